The van der Waals surface area contributed by atoms with Crippen LogP contribution in [0.5, 0.6) is 0 Å². The number of ether oxygens (including phenoxy) is 2. The first kappa shape index (κ1) is 24.8. The summed E-state index contributed by atoms with van der Waals surface area (Å²) in [6.07, 6.45) is -2.11. The van der Waals surface area contributed by atoms with Crippen molar-refractivity contribution in [1.29, 1.82) is 0 Å². The van der Waals surface area contributed by atoms with Crippen molar-refractivity contribution in [3.8, 4) is 0 Å². The Bertz CT molecular complexity index is 1210. The molecule has 36 heavy (non-hydrogen) atoms. The highest BCUT2D eigenvalue weighted by Gasteiger charge is 2.42. The molecule has 3 atom stereocenters. The lowest BCUT2D eigenvalue weighted by molar-refractivity contribution is -0.142. The minimum atomic E-state index is -4.49. The van der Waals surface area contributed by atoms with Gasteiger partial charge in [-0.1, -0.05) is 18.2 Å². The standard InChI is InChI=1S/C27H26F3NO4S/c1-15-23(26(33)35-14-19-4-2-10-34-19)24(16-6-8-18(9-7-16)27(28,29)30)25-20(31-15)12-17(13-21(25)32)22-5-3-11-36-22/h3,5-9,11,17,19,24,31H,2,4,10,12-14H2,1H3. The summed E-state index contributed by atoms with van der Waals surface area (Å²) in [4.78, 5) is 27.9. The van der Waals surface area contributed by atoms with E-state index in [1.807, 2.05) is 17.5 Å². The molecular weight excluding hydrogens is 491 g/mol. The summed E-state index contributed by atoms with van der Waals surface area (Å²) < 4.78 is 50.8. The number of nitrogens with one attached hydrogen (secondary N) is 1. The second-order valence-corrected chi connectivity index (χ2v) is 10.4. The molecule has 190 valence electrons. The van der Waals surface area contributed by atoms with Crippen LogP contribution in [0.4, 0.5) is 13.2 Å². The van der Waals surface area contributed by atoms with E-state index in [0.717, 1.165) is 29.9 Å². The lowest BCUT2D eigenvalue weighted by atomic mass is 9.72. The van der Waals surface area contributed by atoms with E-state index in [0.29, 0.717) is 35.6 Å². The van der Waals surface area contributed by atoms with Crippen LogP contribution in [0.3, 0.4) is 0 Å². The number of halogens is 3. The zero-order chi connectivity index (χ0) is 25.4. The third kappa shape index (κ3) is 4.86. The molecule has 0 saturated carbocycles. The molecule has 3 unspecified atom stereocenters. The molecule has 1 aromatic carbocycles. The summed E-state index contributed by atoms with van der Waals surface area (Å²) in [6.45, 7) is 2.45. The maximum Gasteiger partial charge on any atom is 0.416 e. The number of carbonyl (C=O) groups is 2. The highest BCUT2D eigenvalue weighted by atomic mass is 32.1. The van der Waals surface area contributed by atoms with Gasteiger partial charge in [0, 0.05) is 46.7 Å². The van der Waals surface area contributed by atoms with E-state index in [1.165, 1.54) is 12.1 Å². The Morgan fingerprint density at radius 2 is 1.97 bits per heavy atom. The Hall–Kier alpha value is -2.91. The van der Waals surface area contributed by atoms with Crippen LogP contribution in [-0.4, -0.2) is 31.1 Å². The van der Waals surface area contributed by atoms with Crippen molar-refractivity contribution < 1.29 is 32.2 Å². The molecule has 5 nitrogen and oxygen atoms in total. The third-order valence-electron chi connectivity index (χ3n) is 6.99. The van der Waals surface area contributed by atoms with Gasteiger partial charge in [0.1, 0.15) is 6.61 Å². The van der Waals surface area contributed by atoms with E-state index in [1.54, 1.807) is 18.3 Å². The smallest absolute Gasteiger partial charge is 0.416 e. The Balaban J connectivity index is 1.51. The summed E-state index contributed by atoms with van der Waals surface area (Å²) in [7, 11) is 0. The predicted octanol–water partition coefficient (Wildman–Crippen LogP) is 5.85. The molecule has 0 amide bonds. The summed E-state index contributed by atoms with van der Waals surface area (Å²) in [5, 5.41) is 5.23. The van der Waals surface area contributed by atoms with Gasteiger partial charge >= 0.3 is 12.1 Å². The normalized spacial score (nSPS) is 24.6. The summed E-state index contributed by atoms with van der Waals surface area (Å²) >= 11 is 1.59. The Labute approximate surface area is 211 Å². The maximum atomic E-state index is 13.5. The van der Waals surface area contributed by atoms with E-state index in [2.05, 4.69) is 5.32 Å². The van der Waals surface area contributed by atoms with Crippen LogP contribution in [0.25, 0.3) is 0 Å². The van der Waals surface area contributed by atoms with Gasteiger partial charge in [-0.15, -0.1) is 11.3 Å². The average molecular weight is 518 g/mol. The van der Waals surface area contributed by atoms with Gasteiger partial charge in [-0.25, -0.2) is 4.79 Å². The highest BCUT2D eigenvalue weighted by Crippen LogP contribution is 2.46. The van der Waals surface area contributed by atoms with Crippen LogP contribution in [-0.2, 0) is 25.2 Å². The second kappa shape index (κ2) is 9.86. The van der Waals surface area contributed by atoms with Crippen molar-refractivity contribution >= 4 is 23.1 Å². The molecule has 1 N–H and O–H groups in total. The Morgan fingerprint density at radius 1 is 1.19 bits per heavy atom. The van der Waals surface area contributed by atoms with Gasteiger partial charge < -0.3 is 14.8 Å². The first-order chi connectivity index (χ1) is 17.2. The van der Waals surface area contributed by atoms with Gasteiger partial charge in [-0.05, 0) is 55.3 Å². The van der Waals surface area contributed by atoms with Crippen molar-refractivity contribution in [3.63, 3.8) is 0 Å². The largest absolute Gasteiger partial charge is 0.459 e. The van der Waals surface area contributed by atoms with Crippen LogP contribution < -0.4 is 5.32 Å². The molecule has 0 radical (unpaired) electrons. The van der Waals surface area contributed by atoms with Gasteiger partial charge in [0.05, 0.1) is 17.2 Å². The number of alkyl halides is 3. The van der Waals surface area contributed by atoms with Crippen molar-refractivity contribution in [2.75, 3.05) is 13.2 Å². The van der Waals surface area contributed by atoms with E-state index in [4.69, 9.17) is 9.47 Å². The topological polar surface area (TPSA) is 64.6 Å². The van der Waals surface area contributed by atoms with Crippen LogP contribution in [0.1, 0.15) is 60.4 Å². The number of dihydropyridines is 1. The van der Waals surface area contributed by atoms with Crippen LogP contribution in [0, 0.1) is 0 Å². The molecule has 3 heterocycles. The Kier molecular flexibility index (Phi) is 6.78. The number of allylic oxidation sites excluding steroid dienone is 3. The number of esters is 1. The van der Waals surface area contributed by atoms with Gasteiger partial charge in [0.2, 0.25) is 0 Å². The number of rotatable bonds is 5. The van der Waals surface area contributed by atoms with Crippen molar-refractivity contribution in [2.45, 2.75) is 56.7 Å². The molecule has 5 rings (SSSR count). The lowest BCUT2D eigenvalue weighted by Gasteiger charge is -2.36. The fourth-order valence-corrected chi connectivity index (χ4v) is 6.08. The van der Waals surface area contributed by atoms with Gasteiger partial charge in [0.15, 0.2) is 5.78 Å². The monoisotopic (exact) mass is 517 g/mol. The quantitative estimate of drug-likeness (QED) is 0.504. The second-order valence-electron chi connectivity index (χ2n) is 9.39. The number of ketones is 1. The number of carbonyl (C=O) groups excluding carboxylic acids is 2. The fourth-order valence-electron chi connectivity index (χ4n) is 5.25. The molecule has 2 aliphatic heterocycles. The minimum Gasteiger partial charge on any atom is -0.459 e. The number of benzene rings is 1. The SMILES string of the molecule is CC1=C(C(=O)OCC2CCCO2)C(c2ccc(C(F)(F)F)cc2)C2=C(CC(c3cccs3)CC2=O)N1. The lowest BCUT2D eigenvalue weighted by Crippen LogP contribution is -2.36. The van der Waals surface area contributed by atoms with Gasteiger partial charge in [-0.3, -0.25) is 4.79 Å². The van der Waals surface area contributed by atoms with Crippen molar-refractivity contribution in [1.82, 2.24) is 5.32 Å². The van der Waals surface area contributed by atoms with Crippen LogP contribution >= 0.6 is 11.3 Å². The van der Waals surface area contributed by atoms with E-state index in [9.17, 15) is 22.8 Å². The number of hydrogen-bond acceptors (Lipinski definition) is 6. The number of Topliss-reactive ketones (excluding diaryl/α,β-unsaturated/α-hetero) is 1. The van der Waals surface area contributed by atoms with E-state index < -0.39 is 23.6 Å². The van der Waals surface area contributed by atoms with Crippen LogP contribution in [0.15, 0.2) is 64.3 Å². The van der Waals surface area contributed by atoms with Crippen molar-refractivity contribution in [2.24, 2.45) is 0 Å². The predicted molar refractivity (Wildman–Crippen MR) is 128 cm³/mol. The third-order valence-corrected chi connectivity index (χ3v) is 8.02. The molecule has 3 aliphatic rings. The highest BCUT2D eigenvalue weighted by molar-refractivity contribution is 7.10. The van der Waals surface area contributed by atoms with Crippen LogP contribution in [0.2, 0.25) is 0 Å². The summed E-state index contributed by atoms with van der Waals surface area (Å²) in [5.74, 6) is -1.51. The van der Waals surface area contributed by atoms with E-state index in [-0.39, 0.29) is 36.4 Å². The zero-order valence-electron chi connectivity index (χ0n) is 19.7. The average Bonchev–Trinajstić information content (AvgIpc) is 3.55. The molecule has 1 aliphatic carbocycles. The Morgan fingerprint density at radius 3 is 2.61 bits per heavy atom. The van der Waals surface area contributed by atoms with E-state index >= 15 is 0 Å². The summed E-state index contributed by atoms with van der Waals surface area (Å²) in [5.41, 5.74) is 1.58. The minimum absolute atomic E-state index is 0.0119. The van der Waals surface area contributed by atoms with Gasteiger partial charge in [-0.2, -0.15) is 13.2 Å². The molecule has 2 aromatic rings. The summed E-state index contributed by atoms with van der Waals surface area (Å²) in [6, 6.07) is 8.63. The molecule has 1 aromatic heterocycles. The maximum absolute atomic E-state index is 13.5. The zero-order valence-corrected chi connectivity index (χ0v) is 20.5. The number of hydrogen-bond donors (Lipinski definition) is 1. The van der Waals surface area contributed by atoms with Crippen molar-refractivity contribution in [3.05, 3.63) is 80.3 Å². The molecule has 1 fully saturated rings. The molecular formula is C27H26F3NO4S. The number of thiophene rings is 1. The van der Waals surface area contributed by atoms with Gasteiger partial charge in [0.25, 0.3) is 0 Å². The molecule has 9 heteroatoms. The molecule has 0 bridgehead atoms. The molecule has 0 spiro atoms. The molecule has 1 saturated heterocycles. The fraction of sp³-hybridized carbons (Fsp3) is 0.407. The first-order valence-electron chi connectivity index (χ1n) is 12.0. The first-order valence-corrected chi connectivity index (χ1v) is 12.8.